The van der Waals surface area contributed by atoms with Gasteiger partial charge in [0.1, 0.15) is 5.82 Å². The maximum absolute atomic E-state index is 13.1. The minimum atomic E-state index is -0.309. The smallest absolute Gasteiger partial charge is 0.257 e. The quantitative estimate of drug-likeness (QED) is 0.774. The van der Waals surface area contributed by atoms with E-state index in [2.05, 4.69) is 28.4 Å². The summed E-state index contributed by atoms with van der Waals surface area (Å²) in [6, 6.07) is 16.3. The van der Waals surface area contributed by atoms with Crippen molar-refractivity contribution in [2.24, 2.45) is 0 Å². The zero-order valence-corrected chi connectivity index (χ0v) is 14.2. The standard InChI is InChI=1S/C21H18FN3O/c22-18-8-6-17(7-9-18)20-19(14-23-24-20)21(26)25-12-10-16(11-13-25)15-4-2-1-3-5-15/h1-10,14H,11-13H2,(H,23,24). The topological polar surface area (TPSA) is 49.0 Å². The molecule has 2 aromatic carbocycles. The number of nitrogens with zero attached hydrogens (tertiary/aromatic N) is 2. The van der Waals surface area contributed by atoms with Gasteiger partial charge >= 0.3 is 0 Å². The number of benzene rings is 2. The highest BCUT2D eigenvalue weighted by atomic mass is 19.1. The molecule has 1 N–H and O–H groups in total. The second kappa shape index (κ2) is 6.96. The fourth-order valence-electron chi connectivity index (χ4n) is 3.22. The highest BCUT2D eigenvalue weighted by molar-refractivity contribution is 6.00. The largest absolute Gasteiger partial charge is 0.334 e. The number of carbonyl (C=O) groups excluding carboxylic acids is 1. The number of hydrogen-bond acceptors (Lipinski definition) is 2. The number of H-pyrrole nitrogens is 1. The van der Waals surface area contributed by atoms with Crippen LogP contribution in [0.4, 0.5) is 4.39 Å². The van der Waals surface area contributed by atoms with E-state index in [1.54, 1.807) is 12.1 Å². The lowest BCUT2D eigenvalue weighted by Gasteiger charge is -2.26. The third-order valence-electron chi connectivity index (χ3n) is 4.64. The minimum Gasteiger partial charge on any atom is -0.334 e. The number of aromatic nitrogens is 2. The first kappa shape index (κ1) is 16.3. The highest BCUT2D eigenvalue weighted by Gasteiger charge is 2.23. The molecule has 0 bridgehead atoms. The zero-order chi connectivity index (χ0) is 17.9. The summed E-state index contributed by atoms with van der Waals surface area (Å²) < 4.78 is 13.1. The van der Waals surface area contributed by atoms with Gasteiger partial charge < -0.3 is 4.90 Å². The molecule has 0 spiro atoms. The normalized spacial score (nSPS) is 14.2. The monoisotopic (exact) mass is 347 g/mol. The first-order chi connectivity index (χ1) is 12.7. The van der Waals surface area contributed by atoms with Gasteiger partial charge in [-0.15, -0.1) is 0 Å². The van der Waals surface area contributed by atoms with Gasteiger partial charge in [-0.05, 0) is 41.8 Å². The Balaban J connectivity index is 1.54. The fourth-order valence-corrected chi connectivity index (χ4v) is 3.22. The van der Waals surface area contributed by atoms with Gasteiger partial charge in [0.15, 0.2) is 0 Å². The summed E-state index contributed by atoms with van der Waals surface area (Å²) in [6.07, 6.45) is 4.46. The molecule has 0 saturated heterocycles. The lowest BCUT2D eigenvalue weighted by Crippen LogP contribution is -2.34. The van der Waals surface area contributed by atoms with Crippen molar-refractivity contribution in [2.75, 3.05) is 13.1 Å². The Morgan fingerprint density at radius 2 is 1.81 bits per heavy atom. The third kappa shape index (κ3) is 3.16. The molecule has 0 saturated carbocycles. The summed E-state index contributed by atoms with van der Waals surface area (Å²) in [5.74, 6) is -0.378. The molecule has 1 aliphatic heterocycles. The molecule has 1 aliphatic rings. The van der Waals surface area contributed by atoms with Crippen LogP contribution in [0.2, 0.25) is 0 Å². The number of aromatic amines is 1. The van der Waals surface area contributed by atoms with Crippen molar-refractivity contribution in [3.8, 4) is 11.3 Å². The molecule has 1 aromatic heterocycles. The Kier molecular flexibility index (Phi) is 4.35. The number of nitrogens with one attached hydrogen (secondary N) is 1. The van der Waals surface area contributed by atoms with Crippen molar-refractivity contribution >= 4 is 11.5 Å². The van der Waals surface area contributed by atoms with Crippen LogP contribution in [0.25, 0.3) is 16.8 Å². The first-order valence-electron chi connectivity index (χ1n) is 8.55. The first-order valence-corrected chi connectivity index (χ1v) is 8.55. The molecule has 0 radical (unpaired) electrons. The molecule has 5 heteroatoms. The van der Waals surface area contributed by atoms with Crippen LogP contribution >= 0.6 is 0 Å². The summed E-state index contributed by atoms with van der Waals surface area (Å²) in [5.41, 5.74) is 4.33. The number of hydrogen-bond donors (Lipinski definition) is 1. The van der Waals surface area contributed by atoms with E-state index >= 15 is 0 Å². The average Bonchev–Trinajstić information content (AvgIpc) is 3.19. The Labute approximate surface area is 151 Å². The third-order valence-corrected chi connectivity index (χ3v) is 4.64. The van der Waals surface area contributed by atoms with Crippen LogP contribution in [0.5, 0.6) is 0 Å². The number of rotatable bonds is 3. The van der Waals surface area contributed by atoms with Crippen LogP contribution in [-0.4, -0.2) is 34.1 Å². The number of amides is 1. The van der Waals surface area contributed by atoms with Crippen LogP contribution in [0.3, 0.4) is 0 Å². The van der Waals surface area contributed by atoms with Gasteiger partial charge in [-0.1, -0.05) is 36.4 Å². The second-order valence-corrected chi connectivity index (χ2v) is 6.26. The number of carbonyl (C=O) groups is 1. The SMILES string of the molecule is O=C(c1cn[nH]c1-c1ccc(F)cc1)N1CC=C(c2ccccc2)CC1. The Hall–Kier alpha value is -3.21. The predicted octanol–water partition coefficient (Wildman–Crippen LogP) is 4.15. The average molecular weight is 347 g/mol. The second-order valence-electron chi connectivity index (χ2n) is 6.26. The lowest BCUT2D eigenvalue weighted by molar-refractivity contribution is 0.0773. The molecular weight excluding hydrogens is 329 g/mol. The molecular formula is C21H18FN3O. The van der Waals surface area contributed by atoms with E-state index in [1.165, 1.54) is 29.5 Å². The molecule has 0 unspecified atom stereocenters. The van der Waals surface area contributed by atoms with E-state index < -0.39 is 0 Å². The van der Waals surface area contributed by atoms with E-state index in [1.807, 2.05) is 23.1 Å². The van der Waals surface area contributed by atoms with Crippen LogP contribution in [-0.2, 0) is 0 Å². The Morgan fingerprint density at radius 1 is 1.04 bits per heavy atom. The molecule has 0 fully saturated rings. The van der Waals surface area contributed by atoms with Gasteiger partial charge in [0.25, 0.3) is 5.91 Å². The van der Waals surface area contributed by atoms with Gasteiger partial charge in [0.2, 0.25) is 0 Å². The summed E-state index contributed by atoms with van der Waals surface area (Å²) >= 11 is 0. The van der Waals surface area contributed by atoms with Crippen molar-refractivity contribution < 1.29 is 9.18 Å². The van der Waals surface area contributed by atoms with Gasteiger partial charge in [0, 0.05) is 18.7 Å². The summed E-state index contributed by atoms with van der Waals surface area (Å²) in [5, 5.41) is 6.88. The van der Waals surface area contributed by atoms with Crippen LogP contribution in [0.1, 0.15) is 22.3 Å². The maximum atomic E-state index is 13.1. The van der Waals surface area contributed by atoms with E-state index in [9.17, 15) is 9.18 Å². The molecule has 3 aromatic rings. The van der Waals surface area contributed by atoms with Gasteiger partial charge in [0.05, 0.1) is 17.5 Å². The van der Waals surface area contributed by atoms with E-state index in [0.29, 0.717) is 24.3 Å². The Morgan fingerprint density at radius 3 is 2.50 bits per heavy atom. The Bertz CT molecular complexity index is 945. The number of halogens is 1. The summed E-state index contributed by atoms with van der Waals surface area (Å²) in [4.78, 5) is 14.7. The van der Waals surface area contributed by atoms with E-state index in [4.69, 9.17) is 0 Å². The molecule has 0 atom stereocenters. The molecule has 1 amide bonds. The zero-order valence-electron chi connectivity index (χ0n) is 14.2. The van der Waals surface area contributed by atoms with Crippen molar-refractivity contribution in [3.63, 3.8) is 0 Å². The van der Waals surface area contributed by atoms with Crippen LogP contribution in [0, 0.1) is 5.82 Å². The van der Waals surface area contributed by atoms with Gasteiger partial charge in [-0.25, -0.2) is 4.39 Å². The molecule has 0 aliphatic carbocycles. The fraction of sp³-hybridized carbons (Fsp3) is 0.143. The molecule has 26 heavy (non-hydrogen) atoms. The predicted molar refractivity (Wildman–Crippen MR) is 98.9 cm³/mol. The lowest BCUT2D eigenvalue weighted by atomic mass is 9.99. The maximum Gasteiger partial charge on any atom is 0.257 e. The van der Waals surface area contributed by atoms with E-state index in [-0.39, 0.29) is 11.7 Å². The van der Waals surface area contributed by atoms with Crippen LogP contribution < -0.4 is 0 Å². The van der Waals surface area contributed by atoms with Gasteiger partial charge in [-0.2, -0.15) is 5.10 Å². The van der Waals surface area contributed by atoms with E-state index in [0.717, 1.165) is 12.0 Å². The molecule has 4 nitrogen and oxygen atoms in total. The molecule has 2 heterocycles. The summed E-state index contributed by atoms with van der Waals surface area (Å²) in [7, 11) is 0. The molecule has 4 rings (SSSR count). The molecule has 130 valence electrons. The van der Waals surface area contributed by atoms with Crippen molar-refractivity contribution in [1.82, 2.24) is 15.1 Å². The van der Waals surface area contributed by atoms with Crippen molar-refractivity contribution in [1.29, 1.82) is 0 Å². The van der Waals surface area contributed by atoms with Crippen molar-refractivity contribution in [2.45, 2.75) is 6.42 Å². The highest BCUT2D eigenvalue weighted by Crippen LogP contribution is 2.26. The van der Waals surface area contributed by atoms with Crippen molar-refractivity contribution in [3.05, 3.63) is 83.8 Å². The van der Waals surface area contributed by atoms with Crippen LogP contribution in [0.15, 0.2) is 66.9 Å². The summed E-state index contributed by atoms with van der Waals surface area (Å²) in [6.45, 7) is 1.23. The minimum absolute atomic E-state index is 0.0681. The van der Waals surface area contributed by atoms with Gasteiger partial charge in [-0.3, -0.25) is 9.89 Å².